The van der Waals surface area contributed by atoms with Crippen LogP contribution in [-0.4, -0.2) is 40.1 Å². The Hall–Kier alpha value is -2.58. The summed E-state index contributed by atoms with van der Waals surface area (Å²) < 4.78 is 40.1. The van der Waals surface area contributed by atoms with E-state index in [9.17, 15) is 13.2 Å². The average molecular weight is 402 g/mol. The van der Waals surface area contributed by atoms with E-state index < -0.39 is 10.0 Å². The van der Waals surface area contributed by atoms with Crippen LogP contribution < -0.4 is 19.1 Å². The number of ether oxygens (including phenoxy) is 2. The van der Waals surface area contributed by atoms with Crippen molar-refractivity contribution in [2.45, 2.75) is 31.2 Å². The summed E-state index contributed by atoms with van der Waals surface area (Å²) in [6.45, 7) is 4.25. The van der Waals surface area contributed by atoms with Gasteiger partial charge in [0.2, 0.25) is 15.9 Å². The second-order valence-electron chi connectivity index (χ2n) is 7.05. The molecule has 0 unspecified atom stereocenters. The van der Waals surface area contributed by atoms with Gasteiger partial charge >= 0.3 is 0 Å². The molecular formula is C20H22N2O5S. The number of nitrogens with one attached hydrogen (secondary N) is 1. The third-order valence-corrected chi connectivity index (χ3v) is 6.65. The molecule has 7 nitrogen and oxygen atoms in total. The van der Waals surface area contributed by atoms with Crippen LogP contribution in [0.15, 0.2) is 41.3 Å². The number of amides is 1. The van der Waals surface area contributed by atoms with Gasteiger partial charge in [-0.15, -0.1) is 0 Å². The SMILES string of the molecule is CC(=O)N1CCOc2cc(S(=O)(=O)N[C@H]3COc4ccccc4C3)c(C)cc21. The number of fused-ring (bicyclic) bond motifs is 2. The van der Waals surface area contributed by atoms with Crippen LogP contribution >= 0.6 is 0 Å². The molecule has 28 heavy (non-hydrogen) atoms. The standard InChI is InChI=1S/C20H22N2O5S/c1-13-9-17-19(26-8-7-22(17)14(2)23)11-20(13)28(24,25)21-16-10-15-5-3-4-6-18(15)27-12-16/h3-6,9,11,16,21H,7-8,10,12H2,1-2H3/t16-/m1/s1. The number of carbonyl (C=O) groups excluding carboxylic acids is 1. The smallest absolute Gasteiger partial charge is 0.241 e. The summed E-state index contributed by atoms with van der Waals surface area (Å²) in [6, 6.07) is 10.5. The van der Waals surface area contributed by atoms with Gasteiger partial charge in [0, 0.05) is 13.0 Å². The van der Waals surface area contributed by atoms with Gasteiger partial charge in [-0.05, 0) is 36.6 Å². The Morgan fingerprint density at radius 3 is 2.75 bits per heavy atom. The Bertz CT molecular complexity index is 1030. The molecule has 148 valence electrons. The molecule has 4 rings (SSSR count). The van der Waals surface area contributed by atoms with Crippen molar-refractivity contribution < 1.29 is 22.7 Å². The highest BCUT2D eigenvalue weighted by atomic mass is 32.2. The van der Waals surface area contributed by atoms with E-state index in [2.05, 4.69) is 4.72 Å². The summed E-state index contributed by atoms with van der Waals surface area (Å²) in [5.41, 5.74) is 2.13. The van der Waals surface area contributed by atoms with Crippen molar-refractivity contribution in [3.8, 4) is 11.5 Å². The molecule has 0 aromatic heterocycles. The number of hydrogen-bond donors (Lipinski definition) is 1. The van der Waals surface area contributed by atoms with Crippen molar-refractivity contribution in [2.75, 3.05) is 24.7 Å². The van der Waals surface area contributed by atoms with Crippen LogP contribution in [0, 0.1) is 6.92 Å². The number of anilines is 1. The van der Waals surface area contributed by atoms with Crippen molar-refractivity contribution in [1.29, 1.82) is 0 Å². The molecule has 1 amide bonds. The molecule has 2 heterocycles. The number of nitrogens with zero attached hydrogens (tertiary/aromatic N) is 1. The Morgan fingerprint density at radius 2 is 1.96 bits per heavy atom. The molecule has 0 radical (unpaired) electrons. The maximum atomic E-state index is 13.0. The molecule has 8 heteroatoms. The highest BCUT2D eigenvalue weighted by molar-refractivity contribution is 7.89. The fourth-order valence-corrected chi connectivity index (χ4v) is 5.11. The lowest BCUT2D eigenvalue weighted by atomic mass is 10.0. The second kappa shape index (κ2) is 7.10. The van der Waals surface area contributed by atoms with E-state index >= 15 is 0 Å². The number of aryl methyl sites for hydroxylation is 1. The zero-order chi connectivity index (χ0) is 19.9. The zero-order valence-electron chi connectivity index (χ0n) is 15.8. The number of rotatable bonds is 3. The minimum absolute atomic E-state index is 0.101. The molecule has 0 fully saturated rings. The van der Waals surface area contributed by atoms with Crippen molar-refractivity contribution in [3.63, 3.8) is 0 Å². The van der Waals surface area contributed by atoms with E-state index in [1.54, 1.807) is 17.9 Å². The Balaban J connectivity index is 1.61. The summed E-state index contributed by atoms with van der Waals surface area (Å²) in [6.07, 6.45) is 0.563. The summed E-state index contributed by atoms with van der Waals surface area (Å²) in [5, 5.41) is 0. The molecule has 0 bridgehead atoms. The molecule has 2 aromatic carbocycles. The first-order chi connectivity index (χ1) is 13.3. The highest BCUT2D eigenvalue weighted by Crippen LogP contribution is 2.36. The number of benzene rings is 2. The number of carbonyl (C=O) groups is 1. The Kier molecular flexibility index (Phi) is 4.76. The predicted octanol–water partition coefficient (Wildman–Crippen LogP) is 2.02. The quantitative estimate of drug-likeness (QED) is 0.849. The van der Waals surface area contributed by atoms with Crippen molar-refractivity contribution in [3.05, 3.63) is 47.5 Å². The molecule has 0 aliphatic carbocycles. The van der Waals surface area contributed by atoms with Gasteiger partial charge < -0.3 is 14.4 Å². The van der Waals surface area contributed by atoms with Crippen LogP contribution in [0.5, 0.6) is 11.5 Å². The van der Waals surface area contributed by atoms with Gasteiger partial charge in [0.05, 0.1) is 23.2 Å². The maximum absolute atomic E-state index is 13.0. The second-order valence-corrected chi connectivity index (χ2v) is 8.73. The lowest BCUT2D eigenvalue weighted by molar-refractivity contribution is -0.116. The van der Waals surface area contributed by atoms with Gasteiger partial charge in [-0.25, -0.2) is 13.1 Å². The van der Waals surface area contributed by atoms with E-state index in [-0.39, 0.29) is 23.5 Å². The molecule has 1 atom stereocenters. The molecule has 0 saturated carbocycles. The normalized spacial score (nSPS) is 18.5. The molecular weight excluding hydrogens is 380 g/mol. The van der Waals surface area contributed by atoms with E-state index in [4.69, 9.17) is 9.47 Å². The minimum Gasteiger partial charge on any atom is -0.492 e. The van der Waals surface area contributed by atoms with E-state index in [1.807, 2.05) is 24.3 Å². The monoisotopic (exact) mass is 402 g/mol. The zero-order valence-corrected chi connectivity index (χ0v) is 16.6. The molecule has 0 saturated heterocycles. The van der Waals surface area contributed by atoms with Crippen molar-refractivity contribution >= 4 is 21.6 Å². The number of para-hydroxylation sites is 1. The Labute approximate surface area is 164 Å². The lowest BCUT2D eigenvalue weighted by Crippen LogP contribution is -2.43. The topological polar surface area (TPSA) is 84.9 Å². The first kappa shape index (κ1) is 18.8. The van der Waals surface area contributed by atoms with Crippen LogP contribution in [0.25, 0.3) is 0 Å². The molecule has 1 N–H and O–H groups in total. The van der Waals surface area contributed by atoms with E-state index in [0.29, 0.717) is 36.6 Å². The van der Waals surface area contributed by atoms with E-state index in [0.717, 1.165) is 11.3 Å². The van der Waals surface area contributed by atoms with Crippen LogP contribution in [-0.2, 0) is 21.2 Å². The molecule has 2 aliphatic rings. The number of sulfonamides is 1. The fraction of sp³-hybridized carbons (Fsp3) is 0.350. The van der Waals surface area contributed by atoms with Gasteiger partial charge in [-0.2, -0.15) is 0 Å². The molecule has 0 spiro atoms. The third kappa shape index (κ3) is 3.45. The van der Waals surface area contributed by atoms with Gasteiger partial charge in [0.25, 0.3) is 0 Å². The van der Waals surface area contributed by atoms with Crippen molar-refractivity contribution in [1.82, 2.24) is 4.72 Å². The van der Waals surface area contributed by atoms with Crippen LogP contribution in [0.1, 0.15) is 18.1 Å². The van der Waals surface area contributed by atoms with Gasteiger partial charge in [0.1, 0.15) is 24.7 Å². The Morgan fingerprint density at radius 1 is 1.18 bits per heavy atom. The van der Waals surface area contributed by atoms with E-state index in [1.165, 1.54) is 13.0 Å². The van der Waals surface area contributed by atoms with Crippen LogP contribution in [0.2, 0.25) is 0 Å². The van der Waals surface area contributed by atoms with Crippen LogP contribution in [0.3, 0.4) is 0 Å². The number of hydrogen-bond acceptors (Lipinski definition) is 5. The largest absolute Gasteiger partial charge is 0.492 e. The van der Waals surface area contributed by atoms with Crippen LogP contribution in [0.4, 0.5) is 5.69 Å². The first-order valence-corrected chi connectivity index (χ1v) is 10.6. The fourth-order valence-electron chi connectivity index (χ4n) is 3.65. The van der Waals surface area contributed by atoms with Gasteiger partial charge in [-0.3, -0.25) is 4.79 Å². The van der Waals surface area contributed by atoms with Gasteiger partial charge in [-0.1, -0.05) is 18.2 Å². The molecule has 2 aliphatic heterocycles. The first-order valence-electron chi connectivity index (χ1n) is 9.14. The summed E-state index contributed by atoms with van der Waals surface area (Å²) >= 11 is 0. The lowest BCUT2D eigenvalue weighted by Gasteiger charge is -2.30. The summed E-state index contributed by atoms with van der Waals surface area (Å²) in [5.74, 6) is 1.09. The maximum Gasteiger partial charge on any atom is 0.241 e. The predicted molar refractivity (Wildman–Crippen MR) is 104 cm³/mol. The summed E-state index contributed by atoms with van der Waals surface area (Å²) in [4.78, 5) is 13.6. The average Bonchev–Trinajstić information content (AvgIpc) is 2.66. The summed E-state index contributed by atoms with van der Waals surface area (Å²) in [7, 11) is -3.78. The molecule has 2 aromatic rings. The van der Waals surface area contributed by atoms with Gasteiger partial charge in [0.15, 0.2) is 0 Å². The minimum atomic E-state index is -3.78. The third-order valence-electron chi connectivity index (χ3n) is 4.99. The van der Waals surface area contributed by atoms with Crippen molar-refractivity contribution in [2.24, 2.45) is 0 Å². The highest BCUT2D eigenvalue weighted by Gasteiger charge is 2.29.